The number of amides is 2. The average Bonchev–Trinajstić information content (AvgIpc) is 3.00. The highest BCUT2D eigenvalue weighted by molar-refractivity contribution is 7.92. The molecule has 1 N–H and O–H groups in total. The van der Waals surface area contributed by atoms with Crippen molar-refractivity contribution in [1.29, 1.82) is 0 Å². The van der Waals surface area contributed by atoms with Gasteiger partial charge in [0.1, 0.15) is 12.6 Å². The Kier molecular flexibility index (Phi) is 11.2. The van der Waals surface area contributed by atoms with Gasteiger partial charge in [0.2, 0.25) is 11.8 Å². The van der Waals surface area contributed by atoms with Crippen LogP contribution in [0, 0.1) is 13.8 Å². The number of aryl methyl sites for hydroxylation is 2. The lowest BCUT2D eigenvalue weighted by molar-refractivity contribution is -0.140. The van der Waals surface area contributed by atoms with Gasteiger partial charge in [0, 0.05) is 18.5 Å². The standard InChI is InChI=1S/C36H39Cl2N3O4S/c1-25-16-17-26(2)32(20-25)41(46(44,45)29-14-10-7-11-15-29)24-34(42)40(23-28-18-19-30(37)31(38)21-28)33(35(43)39-36(3,4)5)22-27-12-8-6-9-13-27/h6-21,33H,22-24H2,1-5H3,(H,39,43)/t33-/m0/s1. The van der Waals surface area contributed by atoms with E-state index in [-0.39, 0.29) is 23.8 Å². The van der Waals surface area contributed by atoms with Crippen molar-refractivity contribution in [2.24, 2.45) is 0 Å². The fraction of sp³-hybridized carbons (Fsp3) is 0.278. The lowest BCUT2D eigenvalue weighted by atomic mass is 10.0. The summed E-state index contributed by atoms with van der Waals surface area (Å²) in [6, 6.07) is 26.9. The monoisotopic (exact) mass is 679 g/mol. The van der Waals surface area contributed by atoms with E-state index in [4.69, 9.17) is 23.2 Å². The van der Waals surface area contributed by atoms with E-state index in [2.05, 4.69) is 5.32 Å². The number of rotatable bonds is 11. The molecule has 4 aromatic rings. The van der Waals surface area contributed by atoms with Crippen LogP contribution in [0.5, 0.6) is 0 Å². The molecule has 2 amide bonds. The van der Waals surface area contributed by atoms with Gasteiger partial charge in [-0.1, -0.05) is 89.9 Å². The van der Waals surface area contributed by atoms with Crippen LogP contribution in [0.1, 0.15) is 43.0 Å². The van der Waals surface area contributed by atoms with Gasteiger partial charge in [0.25, 0.3) is 10.0 Å². The first-order valence-corrected chi connectivity index (χ1v) is 17.1. The molecule has 0 fully saturated rings. The Bertz CT molecular complexity index is 1790. The van der Waals surface area contributed by atoms with Crippen molar-refractivity contribution in [1.82, 2.24) is 10.2 Å². The fourth-order valence-corrected chi connectivity index (χ4v) is 6.87. The zero-order valence-corrected chi connectivity index (χ0v) is 29.0. The molecule has 0 aliphatic heterocycles. The number of carbonyl (C=O) groups is 2. The van der Waals surface area contributed by atoms with Gasteiger partial charge >= 0.3 is 0 Å². The van der Waals surface area contributed by atoms with Crippen molar-refractivity contribution in [2.45, 2.75) is 64.1 Å². The number of nitrogens with one attached hydrogen (secondary N) is 1. The quantitative estimate of drug-likeness (QED) is 0.179. The molecule has 0 heterocycles. The fourth-order valence-electron chi connectivity index (χ4n) is 5.06. The van der Waals surface area contributed by atoms with Crippen LogP contribution in [-0.2, 0) is 32.6 Å². The first-order chi connectivity index (χ1) is 21.7. The third-order valence-corrected chi connectivity index (χ3v) is 9.86. The number of anilines is 1. The normalized spacial score (nSPS) is 12.3. The molecule has 0 aliphatic rings. The molecule has 0 spiro atoms. The third-order valence-electron chi connectivity index (χ3n) is 7.35. The van der Waals surface area contributed by atoms with E-state index in [1.807, 2.05) is 70.2 Å². The van der Waals surface area contributed by atoms with E-state index in [1.54, 1.807) is 49.4 Å². The summed E-state index contributed by atoms with van der Waals surface area (Å²) in [7, 11) is -4.19. The van der Waals surface area contributed by atoms with E-state index >= 15 is 0 Å². The average molecular weight is 681 g/mol. The van der Waals surface area contributed by atoms with Crippen LogP contribution in [0.4, 0.5) is 5.69 Å². The van der Waals surface area contributed by atoms with Gasteiger partial charge in [0.15, 0.2) is 0 Å². The molecule has 0 bridgehead atoms. The molecule has 0 radical (unpaired) electrons. The van der Waals surface area contributed by atoms with Crippen molar-refractivity contribution in [3.63, 3.8) is 0 Å². The van der Waals surface area contributed by atoms with Gasteiger partial charge in [-0.2, -0.15) is 0 Å². The van der Waals surface area contributed by atoms with Crippen LogP contribution in [0.15, 0.2) is 102 Å². The molecule has 0 saturated heterocycles. The van der Waals surface area contributed by atoms with Crippen molar-refractivity contribution < 1.29 is 18.0 Å². The number of nitrogens with zero attached hydrogens (tertiary/aromatic N) is 2. The van der Waals surface area contributed by atoms with Gasteiger partial charge in [-0.15, -0.1) is 0 Å². The van der Waals surface area contributed by atoms with Crippen LogP contribution >= 0.6 is 23.2 Å². The first kappa shape index (κ1) is 35.0. The molecule has 0 saturated carbocycles. The Morgan fingerprint density at radius 2 is 1.43 bits per heavy atom. The SMILES string of the molecule is Cc1ccc(C)c(N(CC(=O)N(Cc2ccc(Cl)c(Cl)c2)[C@@H](Cc2ccccc2)C(=O)NC(C)(C)C)S(=O)(=O)c2ccccc2)c1. The molecule has 10 heteroatoms. The second kappa shape index (κ2) is 14.7. The van der Waals surface area contributed by atoms with E-state index in [9.17, 15) is 18.0 Å². The molecule has 46 heavy (non-hydrogen) atoms. The number of sulfonamides is 1. The highest BCUT2D eigenvalue weighted by Gasteiger charge is 2.36. The molecule has 0 aliphatic carbocycles. The summed E-state index contributed by atoms with van der Waals surface area (Å²) in [5.74, 6) is -0.926. The zero-order chi connectivity index (χ0) is 33.6. The molecular weight excluding hydrogens is 641 g/mol. The molecule has 4 rings (SSSR count). The molecule has 0 unspecified atom stereocenters. The lowest BCUT2D eigenvalue weighted by Gasteiger charge is -2.35. The van der Waals surface area contributed by atoms with E-state index in [1.165, 1.54) is 17.0 Å². The molecule has 242 valence electrons. The van der Waals surface area contributed by atoms with Crippen molar-refractivity contribution >= 4 is 50.7 Å². The van der Waals surface area contributed by atoms with Gasteiger partial charge < -0.3 is 10.2 Å². The maximum atomic E-state index is 14.6. The summed E-state index contributed by atoms with van der Waals surface area (Å²) < 4.78 is 29.6. The van der Waals surface area contributed by atoms with Crippen molar-refractivity contribution in [3.8, 4) is 0 Å². The first-order valence-electron chi connectivity index (χ1n) is 14.9. The Morgan fingerprint density at radius 3 is 2.04 bits per heavy atom. The number of benzene rings is 4. The summed E-state index contributed by atoms with van der Waals surface area (Å²) in [4.78, 5) is 30.1. The maximum Gasteiger partial charge on any atom is 0.264 e. The Balaban J connectivity index is 1.86. The summed E-state index contributed by atoms with van der Waals surface area (Å²) >= 11 is 12.6. The van der Waals surface area contributed by atoms with Gasteiger partial charge in [-0.05, 0) is 87.2 Å². The number of hydrogen-bond acceptors (Lipinski definition) is 4. The van der Waals surface area contributed by atoms with Crippen molar-refractivity contribution in [3.05, 3.63) is 129 Å². The van der Waals surface area contributed by atoms with E-state index in [0.717, 1.165) is 15.4 Å². The minimum atomic E-state index is -4.19. The smallest absolute Gasteiger partial charge is 0.264 e. The number of halogens is 2. The van der Waals surface area contributed by atoms with Crippen LogP contribution in [0.3, 0.4) is 0 Å². The molecule has 4 aromatic carbocycles. The highest BCUT2D eigenvalue weighted by Crippen LogP contribution is 2.29. The topological polar surface area (TPSA) is 86.8 Å². The number of carbonyl (C=O) groups excluding carboxylic acids is 2. The lowest BCUT2D eigenvalue weighted by Crippen LogP contribution is -2.56. The molecule has 0 aromatic heterocycles. The van der Waals surface area contributed by atoms with E-state index in [0.29, 0.717) is 26.9 Å². The predicted molar refractivity (Wildman–Crippen MR) is 186 cm³/mol. The van der Waals surface area contributed by atoms with Gasteiger partial charge in [-0.25, -0.2) is 8.42 Å². The number of hydrogen-bond donors (Lipinski definition) is 1. The second-order valence-electron chi connectivity index (χ2n) is 12.3. The third kappa shape index (κ3) is 8.90. The van der Waals surface area contributed by atoms with Crippen LogP contribution in [-0.4, -0.2) is 43.3 Å². The van der Waals surface area contributed by atoms with Crippen LogP contribution < -0.4 is 9.62 Å². The summed E-state index contributed by atoms with van der Waals surface area (Å²) in [5, 5.41) is 3.68. The minimum absolute atomic E-state index is 0.0171. The van der Waals surface area contributed by atoms with E-state index < -0.39 is 34.1 Å². The van der Waals surface area contributed by atoms with Crippen LogP contribution in [0.2, 0.25) is 10.0 Å². The Morgan fingerprint density at radius 1 is 0.804 bits per heavy atom. The summed E-state index contributed by atoms with van der Waals surface area (Å²) in [5.41, 5.74) is 2.78. The molecular formula is C36H39Cl2N3O4S. The van der Waals surface area contributed by atoms with Gasteiger partial charge in [-0.3, -0.25) is 13.9 Å². The highest BCUT2D eigenvalue weighted by atomic mass is 35.5. The largest absolute Gasteiger partial charge is 0.350 e. The Labute approximate surface area is 282 Å². The van der Waals surface area contributed by atoms with Crippen LogP contribution in [0.25, 0.3) is 0 Å². The minimum Gasteiger partial charge on any atom is -0.350 e. The molecule has 7 nitrogen and oxygen atoms in total. The molecule has 1 atom stereocenters. The summed E-state index contributed by atoms with van der Waals surface area (Å²) in [6.45, 7) is 8.70. The predicted octanol–water partition coefficient (Wildman–Crippen LogP) is 7.36. The van der Waals surface area contributed by atoms with Gasteiger partial charge in [0.05, 0.1) is 20.6 Å². The summed E-state index contributed by atoms with van der Waals surface area (Å²) in [6.07, 6.45) is 0.199. The maximum absolute atomic E-state index is 14.6. The second-order valence-corrected chi connectivity index (χ2v) is 15.0. The van der Waals surface area contributed by atoms with Crippen molar-refractivity contribution in [2.75, 3.05) is 10.8 Å². The zero-order valence-electron chi connectivity index (χ0n) is 26.6. The Hall–Kier alpha value is -3.85.